The largest absolute Gasteiger partial charge is 0.354 e. The number of nitrogens with one attached hydrogen (secondary N) is 2. The number of carbonyl (C=O) groups excluding carboxylic acids is 1. The summed E-state index contributed by atoms with van der Waals surface area (Å²) >= 11 is 0. The Kier molecular flexibility index (Phi) is 5.09. The lowest BCUT2D eigenvalue weighted by Crippen LogP contribution is -2.12. The van der Waals surface area contributed by atoms with E-state index in [1.54, 1.807) is 12.4 Å². The molecule has 1 aromatic heterocycles. The average molecular weight is 331 g/mol. The van der Waals surface area contributed by atoms with Crippen molar-refractivity contribution in [1.29, 1.82) is 0 Å². The lowest BCUT2D eigenvalue weighted by atomic mass is 10.1. The Morgan fingerprint density at radius 1 is 1.00 bits per heavy atom. The van der Waals surface area contributed by atoms with Gasteiger partial charge in [-0.15, -0.1) is 0 Å². The fraction of sp³-hybridized carbons (Fsp3) is 0.143. The fourth-order valence-electron chi connectivity index (χ4n) is 2.70. The first kappa shape index (κ1) is 16.7. The second-order valence-electron chi connectivity index (χ2n) is 5.87. The van der Waals surface area contributed by atoms with Crippen LogP contribution in [0.25, 0.3) is 0 Å². The molecule has 3 aromatic rings. The molecule has 0 spiro atoms. The molecule has 4 nitrogen and oxygen atoms in total. The van der Waals surface area contributed by atoms with E-state index in [9.17, 15) is 4.79 Å². The van der Waals surface area contributed by atoms with Gasteiger partial charge in [-0.2, -0.15) is 0 Å². The number of aryl methyl sites for hydroxylation is 2. The summed E-state index contributed by atoms with van der Waals surface area (Å²) in [5.74, 6) is -0.178. The molecule has 2 N–H and O–H groups in total. The summed E-state index contributed by atoms with van der Waals surface area (Å²) in [5.41, 5.74) is 5.55. The summed E-state index contributed by atoms with van der Waals surface area (Å²) in [6.07, 6.45) is 4.23. The van der Waals surface area contributed by atoms with Gasteiger partial charge in [0.2, 0.25) is 0 Å². The van der Waals surface area contributed by atoms with Crippen molar-refractivity contribution < 1.29 is 4.79 Å². The molecule has 1 amide bonds. The molecule has 2 aromatic carbocycles. The molecule has 3 rings (SSSR count). The number of aromatic nitrogens is 1. The molecule has 0 bridgehead atoms. The Hall–Kier alpha value is -3.14. The van der Waals surface area contributed by atoms with Crippen LogP contribution in [-0.4, -0.2) is 10.9 Å². The van der Waals surface area contributed by atoms with Crippen LogP contribution in [0.5, 0.6) is 0 Å². The van der Waals surface area contributed by atoms with Crippen LogP contribution in [0.1, 0.15) is 28.4 Å². The van der Waals surface area contributed by atoms with Gasteiger partial charge in [0.15, 0.2) is 0 Å². The Labute approximate surface area is 147 Å². The van der Waals surface area contributed by atoms with Crippen LogP contribution in [0.15, 0.2) is 67.0 Å². The number of anilines is 3. The van der Waals surface area contributed by atoms with Gasteiger partial charge >= 0.3 is 0 Å². The Bertz CT molecular complexity index is 875. The molecule has 0 aliphatic carbocycles. The van der Waals surface area contributed by atoms with E-state index >= 15 is 0 Å². The van der Waals surface area contributed by atoms with Crippen molar-refractivity contribution in [3.05, 3.63) is 83.7 Å². The van der Waals surface area contributed by atoms with E-state index in [0.717, 1.165) is 23.5 Å². The van der Waals surface area contributed by atoms with E-state index in [-0.39, 0.29) is 5.91 Å². The number of rotatable bonds is 5. The lowest BCUT2D eigenvalue weighted by Gasteiger charge is -2.14. The summed E-state index contributed by atoms with van der Waals surface area (Å²) in [4.78, 5) is 16.6. The van der Waals surface area contributed by atoms with Gasteiger partial charge in [0.05, 0.1) is 17.4 Å². The highest BCUT2D eigenvalue weighted by Crippen LogP contribution is 2.25. The first-order valence-corrected chi connectivity index (χ1v) is 8.34. The third-order valence-corrected chi connectivity index (χ3v) is 4.04. The van der Waals surface area contributed by atoms with E-state index in [0.29, 0.717) is 5.56 Å². The fourth-order valence-corrected chi connectivity index (χ4v) is 2.70. The maximum atomic E-state index is 12.4. The highest BCUT2D eigenvalue weighted by atomic mass is 16.1. The molecule has 0 unspecified atom stereocenters. The first-order valence-electron chi connectivity index (χ1n) is 8.34. The Balaban J connectivity index is 1.81. The van der Waals surface area contributed by atoms with E-state index in [1.807, 2.05) is 36.4 Å². The third-order valence-electron chi connectivity index (χ3n) is 4.04. The molecule has 25 heavy (non-hydrogen) atoms. The molecule has 0 aliphatic heterocycles. The van der Waals surface area contributed by atoms with Crippen LogP contribution in [0.3, 0.4) is 0 Å². The average Bonchev–Trinajstić information content (AvgIpc) is 2.64. The quantitative estimate of drug-likeness (QED) is 0.695. The molecule has 0 saturated carbocycles. The van der Waals surface area contributed by atoms with Crippen LogP contribution >= 0.6 is 0 Å². The second-order valence-corrected chi connectivity index (χ2v) is 5.87. The number of pyridine rings is 1. The topological polar surface area (TPSA) is 54.0 Å². The predicted molar refractivity (Wildman–Crippen MR) is 102 cm³/mol. The van der Waals surface area contributed by atoms with Crippen molar-refractivity contribution in [2.75, 3.05) is 10.6 Å². The van der Waals surface area contributed by atoms with Crippen molar-refractivity contribution in [2.45, 2.75) is 20.3 Å². The second kappa shape index (κ2) is 7.62. The van der Waals surface area contributed by atoms with E-state index in [2.05, 4.69) is 47.7 Å². The minimum atomic E-state index is -0.178. The minimum Gasteiger partial charge on any atom is -0.354 e. The van der Waals surface area contributed by atoms with Gasteiger partial charge in [0, 0.05) is 17.6 Å². The predicted octanol–water partition coefficient (Wildman–Crippen LogP) is 4.95. The summed E-state index contributed by atoms with van der Waals surface area (Å²) in [7, 11) is 0. The van der Waals surface area contributed by atoms with Crippen LogP contribution in [-0.2, 0) is 6.42 Å². The number of amides is 1. The zero-order valence-corrected chi connectivity index (χ0v) is 14.4. The summed E-state index contributed by atoms with van der Waals surface area (Å²) in [5, 5.41) is 6.28. The normalized spacial score (nSPS) is 10.3. The van der Waals surface area contributed by atoms with Gasteiger partial charge in [-0.1, -0.05) is 43.3 Å². The molecule has 0 radical (unpaired) electrons. The molecular formula is C21H21N3O. The molecule has 0 atom stereocenters. The van der Waals surface area contributed by atoms with Gasteiger partial charge < -0.3 is 10.6 Å². The maximum Gasteiger partial charge on any atom is 0.257 e. The molecule has 0 fully saturated rings. The smallest absolute Gasteiger partial charge is 0.257 e. The number of hydrogen-bond donors (Lipinski definition) is 2. The van der Waals surface area contributed by atoms with Gasteiger partial charge in [-0.25, -0.2) is 0 Å². The molecule has 1 heterocycles. The zero-order valence-electron chi connectivity index (χ0n) is 14.4. The summed E-state index contributed by atoms with van der Waals surface area (Å²) < 4.78 is 0. The highest BCUT2D eigenvalue weighted by Gasteiger charge is 2.09. The van der Waals surface area contributed by atoms with Crippen molar-refractivity contribution in [3.63, 3.8) is 0 Å². The van der Waals surface area contributed by atoms with Gasteiger partial charge in [0.25, 0.3) is 5.91 Å². The minimum absolute atomic E-state index is 0.178. The van der Waals surface area contributed by atoms with Crippen molar-refractivity contribution in [2.24, 2.45) is 0 Å². The number of carbonyl (C=O) groups is 1. The third kappa shape index (κ3) is 4.04. The molecule has 0 aliphatic rings. The van der Waals surface area contributed by atoms with Gasteiger partial charge in [0.1, 0.15) is 0 Å². The van der Waals surface area contributed by atoms with Crippen molar-refractivity contribution in [3.8, 4) is 0 Å². The van der Waals surface area contributed by atoms with Crippen molar-refractivity contribution >= 4 is 23.0 Å². The highest BCUT2D eigenvalue weighted by molar-refractivity contribution is 6.04. The van der Waals surface area contributed by atoms with Crippen LogP contribution < -0.4 is 10.6 Å². The van der Waals surface area contributed by atoms with Crippen LogP contribution in [0, 0.1) is 6.92 Å². The van der Waals surface area contributed by atoms with Crippen molar-refractivity contribution in [1.82, 2.24) is 4.98 Å². The first-order chi connectivity index (χ1) is 12.2. The maximum absolute atomic E-state index is 12.4. The zero-order chi connectivity index (χ0) is 17.6. The standard InChI is InChI=1S/C21H21N3O/c1-3-16-9-7-8-15(2)20(16)23-19-12-17(13-22-14-19)21(25)24-18-10-5-4-6-11-18/h4-14,23H,3H2,1-2H3,(H,24,25). The monoisotopic (exact) mass is 331 g/mol. The lowest BCUT2D eigenvalue weighted by molar-refractivity contribution is 0.102. The molecule has 126 valence electrons. The van der Waals surface area contributed by atoms with Crippen LogP contribution in [0.4, 0.5) is 17.1 Å². The Morgan fingerprint density at radius 2 is 1.80 bits per heavy atom. The van der Waals surface area contributed by atoms with Gasteiger partial charge in [-0.3, -0.25) is 9.78 Å². The number of benzene rings is 2. The van der Waals surface area contributed by atoms with E-state index < -0.39 is 0 Å². The Morgan fingerprint density at radius 3 is 2.56 bits per heavy atom. The molecule has 4 heteroatoms. The van der Waals surface area contributed by atoms with Crippen LogP contribution in [0.2, 0.25) is 0 Å². The SMILES string of the molecule is CCc1cccc(C)c1Nc1cncc(C(=O)Nc2ccccc2)c1. The number of hydrogen-bond acceptors (Lipinski definition) is 3. The number of nitrogens with zero attached hydrogens (tertiary/aromatic N) is 1. The summed E-state index contributed by atoms with van der Waals surface area (Å²) in [6, 6.07) is 17.4. The summed E-state index contributed by atoms with van der Waals surface area (Å²) in [6.45, 7) is 4.20. The van der Waals surface area contributed by atoms with E-state index in [1.165, 1.54) is 11.1 Å². The van der Waals surface area contributed by atoms with Gasteiger partial charge in [-0.05, 0) is 42.7 Å². The molecular weight excluding hydrogens is 310 g/mol. The van der Waals surface area contributed by atoms with E-state index in [4.69, 9.17) is 0 Å². The molecule has 0 saturated heterocycles. The number of para-hydroxylation sites is 2.